The van der Waals surface area contributed by atoms with Crippen molar-refractivity contribution in [1.82, 2.24) is 20.5 Å². The number of carboxylic acids is 1. The third-order valence-electron chi connectivity index (χ3n) is 4.96. The molecule has 1 saturated heterocycles. The molecule has 2 saturated carbocycles. The zero-order valence-corrected chi connectivity index (χ0v) is 13.0. The molecule has 0 atom stereocenters. The first-order chi connectivity index (χ1) is 11.5. The summed E-state index contributed by atoms with van der Waals surface area (Å²) >= 11 is 0. The van der Waals surface area contributed by atoms with E-state index in [1.54, 1.807) is 0 Å². The Morgan fingerprint density at radius 1 is 1.12 bits per heavy atom. The van der Waals surface area contributed by atoms with E-state index in [2.05, 4.69) is 20.5 Å². The Morgan fingerprint density at radius 2 is 1.68 bits per heavy atom. The molecular weight excluding hydrogens is 351 g/mol. The molecule has 25 heavy (non-hydrogen) atoms. The quantitative estimate of drug-likeness (QED) is 0.698. The van der Waals surface area contributed by atoms with E-state index in [0.717, 1.165) is 31.8 Å². The zero-order chi connectivity index (χ0) is 18.5. The molecule has 3 fully saturated rings. The van der Waals surface area contributed by atoms with Gasteiger partial charge >= 0.3 is 12.1 Å². The number of halogens is 5. The van der Waals surface area contributed by atoms with Gasteiger partial charge in [0.25, 0.3) is 0 Å². The molecule has 3 N–H and O–H groups in total. The van der Waals surface area contributed by atoms with Crippen LogP contribution >= 0.6 is 0 Å². The van der Waals surface area contributed by atoms with Gasteiger partial charge in [0.2, 0.25) is 5.92 Å². The summed E-state index contributed by atoms with van der Waals surface area (Å²) < 4.78 is 57.3. The minimum atomic E-state index is -5.08. The van der Waals surface area contributed by atoms with Crippen molar-refractivity contribution in [2.75, 3.05) is 13.1 Å². The molecule has 3 aliphatic rings. The molecule has 0 radical (unpaired) electrons. The van der Waals surface area contributed by atoms with Crippen LogP contribution in [-0.2, 0) is 4.79 Å². The first kappa shape index (κ1) is 18.0. The summed E-state index contributed by atoms with van der Waals surface area (Å²) in [6.45, 7) is 2.21. The maximum absolute atomic E-state index is 12.8. The van der Waals surface area contributed by atoms with Crippen LogP contribution in [0, 0.1) is 5.41 Å². The van der Waals surface area contributed by atoms with Gasteiger partial charge in [-0.15, -0.1) is 0 Å². The third-order valence-corrected chi connectivity index (χ3v) is 4.96. The largest absolute Gasteiger partial charge is 0.490 e. The zero-order valence-electron chi connectivity index (χ0n) is 13.0. The summed E-state index contributed by atoms with van der Waals surface area (Å²) in [6.07, 6.45) is -2.98. The molecule has 1 spiro atoms. The molecular formula is C14H17F5N4O2. The number of hydrogen-bond acceptors (Lipinski definition) is 4. The molecule has 2 aliphatic carbocycles. The van der Waals surface area contributed by atoms with Crippen molar-refractivity contribution >= 4 is 5.97 Å². The minimum absolute atomic E-state index is 0.0832. The van der Waals surface area contributed by atoms with Crippen molar-refractivity contribution in [2.45, 2.75) is 49.6 Å². The lowest BCUT2D eigenvalue weighted by Crippen LogP contribution is -2.59. The number of carbonyl (C=O) groups is 1. The van der Waals surface area contributed by atoms with Crippen LogP contribution in [0.25, 0.3) is 0 Å². The first-order valence-electron chi connectivity index (χ1n) is 7.81. The van der Waals surface area contributed by atoms with E-state index < -0.39 is 18.1 Å². The Morgan fingerprint density at radius 3 is 2.08 bits per heavy atom. The Balaban J connectivity index is 0.000000225. The molecule has 1 aromatic heterocycles. The van der Waals surface area contributed by atoms with E-state index >= 15 is 0 Å². The van der Waals surface area contributed by atoms with Gasteiger partial charge in [0.15, 0.2) is 5.82 Å². The average Bonchev–Trinajstić information content (AvgIpc) is 2.81. The molecule has 0 unspecified atom stereocenters. The van der Waals surface area contributed by atoms with Crippen LogP contribution in [0.2, 0.25) is 0 Å². The van der Waals surface area contributed by atoms with Crippen molar-refractivity contribution in [3.8, 4) is 0 Å². The highest BCUT2D eigenvalue weighted by atomic mass is 19.4. The third kappa shape index (κ3) is 3.75. The summed E-state index contributed by atoms with van der Waals surface area (Å²) in [5, 5.41) is 17.5. The molecule has 0 amide bonds. The number of nitrogens with zero attached hydrogens (tertiary/aromatic N) is 2. The van der Waals surface area contributed by atoms with Crippen molar-refractivity contribution < 1.29 is 31.9 Å². The van der Waals surface area contributed by atoms with Crippen molar-refractivity contribution in [2.24, 2.45) is 5.41 Å². The highest BCUT2D eigenvalue weighted by Crippen LogP contribution is 2.53. The number of alkyl halides is 5. The summed E-state index contributed by atoms with van der Waals surface area (Å²) in [5.74, 6) is -3.46. The van der Waals surface area contributed by atoms with Gasteiger partial charge in [-0.2, -0.15) is 18.3 Å². The molecule has 140 valence electrons. The van der Waals surface area contributed by atoms with Gasteiger partial charge < -0.3 is 10.4 Å². The highest BCUT2D eigenvalue weighted by molar-refractivity contribution is 5.73. The summed E-state index contributed by atoms with van der Waals surface area (Å²) in [7, 11) is 0. The summed E-state index contributed by atoms with van der Waals surface area (Å²) in [5.41, 5.74) is 0.495. The number of rotatable bonds is 2. The first-order valence-corrected chi connectivity index (χ1v) is 7.81. The minimum Gasteiger partial charge on any atom is -0.475 e. The van der Waals surface area contributed by atoms with E-state index in [4.69, 9.17) is 9.90 Å². The van der Waals surface area contributed by atoms with Crippen LogP contribution in [0.1, 0.15) is 49.2 Å². The smallest absolute Gasteiger partial charge is 0.475 e. The van der Waals surface area contributed by atoms with Crippen LogP contribution in [0.15, 0.2) is 0 Å². The predicted octanol–water partition coefficient (Wildman–Crippen LogP) is 2.42. The van der Waals surface area contributed by atoms with Crippen LogP contribution < -0.4 is 5.32 Å². The van der Waals surface area contributed by atoms with Gasteiger partial charge in [0.1, 0.15) is 5.82 Å². The Kier molecular flexibility index (Phi) is 4.25. The fourth-order valence-corrected chi connectivity index (χ4v) is 3.44. The van der Waals surface area contributed by atoms with E-state index in [9.17, 15) is 22.0 Å². The lowest BCUT2D eigenvalue weighted by Gasteiger charge is -2.53. The predicted molar refractivity (Wildman–Crippen MR) is 74.3 cm³/mol. The van der Waals surface area contributed by atoms with Crippen LogP contribution in [0.4, 0.5) is 22.0 Å². The summed E-state index contributed by atoms with van der Waals surface area (Å²) in [4.78, 5) is 13.3. The SMILES string of the molecule is FC1(F)CC(c2nc(C3CC4(CNC4)C3)n[nH]2)C1.O=C(O)C(F)(F)F. The second kappa shape index (κ2) is 5.89. The van der Waals surface area contributed by atoms with E-state index in [1.807, 2.05) is 0 Å². The van der Waals surface area contributed by atoms with Crippen LogP contribution in [0.5, 0.6) is 0 Å². The van der Waals surface area contributed by atoms with Crippen molar-refractivity contribution in [3.05, 3.63) is 11.6 Å². The molecule has 0 bridgehead atoms. The average molecular weight is 368 g/mol. The topological polar surface area (TPSA) is 90.9 Å². The Hall–Kier alpha value is -1.78. The van der Waals surface area contributed by atoms with Gasteiger partial charge in [-0.05, 0) is 18.3 Å². The van der Waals surface area contributed by atoms with Crippen LogP contribution in [0.3, 0.4) is 0 Å². The molecule has 0 aromatic carbocycles. The lowest BCUT2D eigenvalue weighted by atomic mass is 9.58. The lowest BCUT2D eigenvalue weighted by molar-refractivity contribution is -0.192. The van der Waals surface area contributed by atoms with Gasteiger partial charge in [0, 0.05) is 37.8 Å². The number of carboxylic acid groups (broad SMARTS) is 1. The number of aliphatic carboxylic acids is 1. The van der Waals surface area contributed by atoms with E-state index in [-0.39, 0.29) is 18.8 Å². The second-order valence-corrected chi connectivity index (χ2v) is 7.05. The van der Waals surface area contributed by atoms with E-state index in [1.165, 1.54) is 0 Å². The van der Waals surface area contributed by atoms with Gasteiger partial charge in [-0.25, -0.2) is 18.6 Å². The van der Waals surface area contributed by atoms with Crippen molar-refractivity contribution in [1.29, 1.82) is 0 Å². The monoisotopic (exact) mass is 368 g/mol. The number of aromatic amines is 1. The maximum atomic E-state index is 12.8. The Labute approximate surface area is 139 Å². The van der Waals surface area contributed by atoms with Gasteiger partial charge in [0.05, 0.1) is 0 Å². The molecule has 1 aromatic rings. The van der Waals surface area contributed by atoms with Crippen molar-refractivity contribution in [3.63, 3.8) is 0 Å². The highest BCUT2D eigenvalue weighted by Gasteiger charge is 2.51. The normalized spacial score (nSPS) is 26.7. The fourth-order valence-electron chi connectivity index (χ4n) is 3.44. The fraction of sp³-hybridized carbons (Fsp3) is 0.786. The molecule has 4 rings (SSSR count). The van der Waals surface area contributed by atoms with Gasteiger partial charge in [-0.1, -0.05) is 0 Å². The molecule has 1 aliphatic heterocycles. The maximum Gasteiger partial charge on any atom is 0.490 e. The number of hydrogen-bond donors (Lipinski definition) is 3. The molecule has 6 nitrogen and oxygen atoms in total. The standard InChI is InChI=1S/C12H16F2N4.C2HF3O2/c13-12(14)3-8(4-12)10-16-9(17-18-10)7-1-11(2-7)5-15-6-11;3-2(4,5)1(6)7/h7-8,15H,1-6H2,(H,16,17,18);(H,6,7). The second-order valence-electron chi connectivity index (χ2n) is 7.05. The van der Waals surface area contributed by atoms with Crippen LogP contribution in [-0.4, -0.2) is 51.4 Å². The summed E-state index contributed by atoms with van der Waals surface area (Å²) in [6, 6.07) is 0. The number of H-pyrrole nitrogens is 1. The Bertz CT molecular complexity index is 640. The number of aromatic nitrogens is 3. The molecule has 11 heteroatoms. The number of nitrogens with one attached hydrogen (secondary N) is 2. The van der Waals surface area contributed by atoms with Gasteiger partial charge in [-0.3, -0.25) is 5.10 Å². The molecule has 2 heterocycles. The van der Waals surface area contributed by atoms with E-state index in [0.29, 0.717) is 17.2 Å².